The maximum absolute atomic E-state index is 12.8. The fraction of sp³-hybridized carbons (Fsp3) is 0.240. The summed E-state index contributed by atoms with van der Waals surface area (Å²) in [6.45, 7) is 1.61. The number of halogens is 3. The molecule has 0 saturated carbocycles. The van der Waals surface area contributed by atoms with E-state index in [4.69, 9.17) is 39.5 Å². The number of benzene rings is 3. The van der Waals surface area contributed by atoms with Crippen molar-refractivity contribution in [3.05, 3.63) is 105 Å². The van der Waals surface area contributed by atoms with Crippen LogP contribution in [0.3, 0.4) is 0 Å². The molecule has 2 amide bonds. The molecular formula is C25H23Cl3N2O2. The summed E-state index contributed by atoms with van der Waals surface area (Å²) in [7, 11) is 1.81. The number of amides is 2. The summed E-state index contributed by atoms with van der Waals surface area (Å²) in [5.74, 6) is 0. The largest absolute Gasteiger partial charge is 0.362 e. The van der Waals surface area contributed by atoms with Crippen LogP contribution < -0.4 is 0 Å². The first kappa shape index (κ1) is 22.9. The molecule has 0 spiro atoms. The number of carbonyl (C=O) groups excluding carboxylic acids is 1. The van der Waals surface area contributed by atoms with E-state index in [1.165, 1.54) is 0 Å². The van der Waals surface area contributed by atoms with Crippen LogP contribution in [0, 0.1) is 0 Å². The first-order valence-electron chi connectivity index (χ1n) is 10.3. The van der Waals surface area contributed by atoms with Gasteiger partial charge in [0, 0.05) is 34.2 Å². The number of hydrogen-bond donors (Lipinski definition) is 0. The summed E-state index contributed by atoms with van der Waals surface area (Å²) in [6, 6.07) is 22.8. The smallest absolute Gasteiger partial charge is 0.320 e. The van der Waals surface area contributed by atoms with Gasteiger partial charge in [-0.25, -0.2) is 4.79 Å². The predicted molar refractivity (Wildman–Crippen MR) is 130 cm³/mol. The van der Waals surface area contributed by atoms with Gasteiger partial charge in [-0.1, -0.05) is 83.3 Å². The molecular weight excluding hydrogens is 467 g/mol. The molecule has 4 nitrogen and oxygen atoms in total. The molecule has 1 aliphatic rings. The highest BCUT2D eigenvalue weighted by molar-refractivity contribution is 6.35. The summed E-state index contributed by atoms with van der Waals surface area (Å²) in [5, 5.41) is 1.75. The third kappa shape index (κ3) is 5.38. The second-order valence-corrected chi connectivity index (χ2v) is 9.16. The van der Waals surface area contributed by atoms with Gasteiger partial charge in [-0.15, -0.1) is 0 Å². The van der Waals surface area contributed by atoms with Gasteiger partial charge >= 0.3 is 6.03 Å². The molecule has 0 aromatic heterocycles. The van der Waals surface area contributed by atoms with Crippen molar-refractivity contribution < 1.29 is 9.53 Å². The van der Waals surface area contributed by atoms with Gasteiger partial charge in [0.25, 0.3) is 0 Å². The second-order valence-electron chi connectivity index (χ2n) is 7.88. The zero-order valence-electron chi connectivity index (χ0n) is 17.5. The molecule has 1 fully saturated rings. The van der Waals surface area contributed by atoms with E-state index in [0.717, 1.165) is 16.7 Å². The number of nitrogens with zero attached hydrogens (tertiary/aromatic N) is 2. The average molecular weight is 490 g/mol. The summed E-state index contributed by atoms with van der Waals surface area (Å²) in [6.07, 6.45) is -0.488. The summed E-state index contributed by atoms with van der Waals surface area (Å²) in [4.78, 5) is 16.3. The van der Waals surface area contributed by atoms with Gasteiger partial charge in [0.1, 0.15) is 6.10 Å². The lowest BCUT2D eigenvalue weighted by atomic mass is 10.0. The Morgan fingerprint density at radius 3 is 2.31 bits per heavy atom. The maximum atomic E-state index is 12.8. The third-order valence-corrected chi connectivity index (χ3v) is 6.27. The first-order valence-corrected chi connectivity index (χ1v) is 11.4. The van der Waals surface area contributed by atoms with Gasteiger partial charge < -0.3 is 14.5 Å². The summed E-state index contributed by atoms with van der Waals surface area (Å²) < 4.78 is 6.41. The van der Waals surface area contributed by atoms with E-state index < -0.39 is 0 Å². The highest BCUT2D eigenvalue weighted by Crippen LogP contribution is 2.35. The van der Waals surface area contributed by atoms with Crippen molar-refractivity contribution in [1.29, 1.82) is 0 Å². The van der Waals surface area contributed by atoms with E-state index in [9.17, 15) is 4.79 Å². The molecule has 1 heterocycles. The molecule has 3 aromatic carbocycles. The number of ether oxygens (including phenoxy) is 1. The molecule has 1 saturated heterocycles. The fourth-order valence-corrected chi connectivity index (χ4v) is 4.36. The highest BCUT2D eigenvalue weighted by Gasteiger charge is 2.35. The van der Waals surface area contributed by atoms with E-state index in [1.807, 2.05) is 67.7 Å². The third-order valence-electron chi connectivity index (χ3n) is 5.45. The Morgan fingerprint density at radius 2 is 1.66 bits per heavy atom. The van der Waals surface area contributed by atoms with Crippen molar-refractivity contribution in [3.63, 3.8) is 0 Å². The van der Waals surface area contributed by atoms with Crippen LogP contribution in [0.15, 0.2) is 72.8 Å². The normalized spacial score (nSPS) is 14.7. The van der Waals surface area contributed by atoms with Crippen LogP contribution in [0.5, 0.6) is 0 Å². The lowest BCUT2D eigenvalue weighted by Crippen LogP contribution is -2.58. The first-order chi connectivity index (χ1) is 15.4. The quantitative estimate of drug-likeness (QED) is 0.386. The Bertz CT molecular complexity index is 1070. The van der Waals surface area contributed by atoms with Gasteiger partial charge in [0.05, 0.1) is 19.2 Å². The Balaban J connectivity index is 1.42. The zero-order chi connectivity index (χ0) is 22.7. The predicted octanol–water partition coefficient (Wildman–Crippen LogP) is 6.69. The standard InChI is InChI=1S/C25H23Cl3N2O2/c1-29(14-17-5-3-2-4-6-17)25(31)30-15-21(16-30)32-24(18-7-9-19(26)10-8-18)22-12-11-20(27)13-23(22)28/h2-13,21,24H,14-16H2,1H3. The van der Waals surface area contributed by atoms with E-state index in [-0.39, 0.29) is 18.2 Å². The van der Waals surface area contributed by atoms with E-state index in [0.29, 0.717) is 34.7 Å². The van der Waals surface area contributed by atoms with Crippen LogP contribution in [0.2, 0.25) is 15.1 Å². The Kier molecular flexibility index (Phi) is 7.27. The van der Waals surface area contributed by atoms with Gasteiger partial charge in [-0.05, 0) is 35.4 Å². The minimum atomic E-state index is -0.388. The van der Waals surface area contributed by atoms with Crippen LogP contribution in [-0.4, -0.2) is 42.1 Å². The lowest BCUT2D eigenvalue weighted by molar-refractivity contribution is -0.0682. The number of hydrogen-bond acceptors (Lipinski definition) is 2. The molecule has 0 bridgehead atoms. The minimum Gasteiger partial charge on any atom is -0.362 e. The van der Waals surface area contributed by atoms with E-state index >= 15 is 0 Å². The Hall–Kier alpha value is -2.24. The van der Waals surface area contributed by atoms with Gasteiger partial charge in [0.15, 0.2) is 0 Å². The van der Waals surface area contributed by atoms with Crippen LogP contribution >= 0.6 is 34.8 Å². The monoisotopic (exact) mass is 488 g/mol. The van der Waals surface area contributed by atoms with Crippen molar-refractivity contribution in [2.24, 2.45) is 0 Å². The van der Waals surface area contributed by atoms with Crippen molar-refractivity contribution in [2.75, 3.05) is 20.1 Å². The van der Waals surface area contributed by atoms with Crippen LogP contribution in [-0.2, 0) is 11.3 Å². The minimum absolute atomic E-state index is 0.0127. The van der Waals surface area contributed by atoms with Gasteiger partial charge in [0.2, 0.25) is 0 Å². The summed E-state index contributed by atoms with van der Waals surface area (Å²) >= 11 is 18.6. The van der Waals surface area contributed by atoms with E-state index in [2.05, 4.69) is 0 Å². The molecule has 0 radical (unpaired) electrons. The molecule has 1 unspecified atom stereocenters. The molecule has 4 rings (SSSR count). The Morgan fingerprint density at radius 1 is 1.00 bits per heavy atom. The highest BCUT2D eigenvalue weighted by atomic mass is 35.5. The molecule has 0 aliphatic carbocycles. The van der Waals surface area contributed by atoms with Crippen LogP contribution in [0.4, 0.5) is 4.79 Å². The van der Waals surface area contributed by atoms with Crippen molar-refractivity contribution in [2.45, 2.75) is 18.8 Å². The molecule has 1 aliphatic heterocycles. The number of rotatable bonds is 6. The molecule has 1 atom stereocenters. The molecule has 0 N–H and O–H groups in total. The van der Waals surface area contributed by atoms with Crippen molar-refractivity contribution >= 4 is 40.8 Å². The van der Waals surface area contributed by atoms with Crippen molar-refractivity contribution in [1.82, 2.24) is 9.80 Å². The SMILES string of the molecule is CN(Cc1ccccc1)C(=O)N1CC(OC(c2ccc(Cl)cc2)c2ccc(Cl)cc2Cl)C1. The summed E-state index contributed by atoms with van der Waals surface area (Å²) in [5.41, 5.74) is 2.85. The fourth-order valence-electron chi connectivity index (χ4n) is 3.72. The van der Waals surface area contributed by atoms with Crippen LogP contribution in [0.25, 0.3) is 0 Å². The number of carbonyl (C=O) groups is 1. The van der Waals surface area contributed by atoms with Crippen LogP contribution in [0.1, 0.15) is 22.8 Å². The second kappa shape index (κ2) is 10.1. The van der Waals surface area contributed by atoms with Gasteiger partial charge in [-0.2, -0.15) is 0 Å². The van der Waals surface area contributed by atoms with E-state index in [1.54, 1.807) is 21.9 Å². The van der Waals surface area contributed by atoms with Gasteiger partial charge in [-0.3, -0.25) is 0 Å². The topological polar surface area (TPSA) is 32.8 Å². The number of likely N-dealkylation sites (tertiary alicyclic amines) is 1. The molecule has 3 aromatic rings. The molecule has 166 valence electrons. The molecule has 7 heteroatoms. The van der Waals surface area contributed by atoms with Crippen molar-refractivity contribution in [3.8, 4) is 0 Å². The number of urea groups is 1. The zero-order valence-corrected chi connectivity index (χ0v) is 19.8. The molecule has 32 heavy (non-hydrogen) atoms. The maximum Gasteiger partial charge on any atom is 0.320 e. The Labute approximate surface area is 203 Å². The average Bonchev–Trinajstić information content (AvgIpc) is 2.75. The lowest BCUT2D eigenvalue weighted by Gasteiger charge is -2.42.